The van der Waals surface area contributed by atoms with E-state index in [4.69, 9.17) is 11.3 Å². The molecule has 0 saturated carbocycles. The minimum Gasteiger partial charge on any atom is -0.444 e. The van der Waals surface area contributed by atoms with Gasteiger partial charge in [0.15, 0.2) is 5.69 Å². The van der Waals surface area contributed by atoms with Crippen LogP contribution >= 0.6 is 0 Å². The first-order valence-electron chi connectivity index (χ1n) is 4.88. The minimum atomic E-state index is -0.513. The van der Waals surface area contributed by atoms with Crippen LogP contribution in [-0.2, 0) is 4.74 Å². The van der Waals surface area contributed by atoms with Gasteiger partial charge in [-0.25, -0.2) is 9.64 Å². The second kappa shape index (κ2) is 4.67. The number of anilines is 1. The molecule has 0 aliphatic carbocycles. The molecule has 0 unspecified atom stereocenters. The average Bonchev–Trinajstić information content (AvgIpc) is 2.16. The van der Waals surface area contributed by atoms with Crippen molar-refractivity contribution in [3.05, 3.63) is 35.7 Å². The molecule has 0 atom stereocenters. The smallest absolute Gasteiger partial charge is 0.412 e. The summed E-state index contributed by atoms with van der Waals surface area (Å²) in [5, 5.41) is 2.59. The van der Waals surface area contributed by atoms with E-state index in [-0.39, 0.29) is 0 Å². The molecule has 0 aliphatic heterocycles. The van der Waals surface area contributed by atoms with Crippen molar-refractivity contribution in [1.29, 1.82) is 0 Å². The predicted molar refractivity (Wildman–Crippen MR) is 62.6 cm³/mol. The Morgan fingerprint density at radius 1 is 1.31 bits per heavy atom. The van der Waals surface area contributed by atoms with Gasteiger partial charge in [0.2, 0.25) is 0 Å². The van der Waals surface area contributed by atoms with Crippen molar-refractivity contribution >= 4 is 17.5 Å². The number of carbonyl (C=O) groups excluding carboxylic acids is 1. The summed E-state index contributed by atoms with van der Waals surface area (Å²) in [5.74, 6) is 0. The molecule has 1 rings (SSSR count). The molecule has 1 aromatic rings. The highest BCUT2D eigenvalue weighted by atomic mass is 16.6. The van der Waals surface area contributed by atoms with Gasteiger partial charge < -0.3 is 4.74 Å². The van der Waals surface area contributed by atoms with Gasteiger partial charge in [-0.1, -0.05) is 12.1 Å². The Morgan fingerprint density at radius 2 is 1.88 bits per heavy atom. The zero-order chi connectivity index (χ0) is 12.2. The summed E-state index contributed by atoms with van der Waals surface area (Å²) in [6.07, 6.45) is -0.497. The lowest BCUT2D eigenvalue weighted by atomic mass is 10.2. The molecular weight excluding hydrogens is 204 g/mol. The van der Waals surface area contributed by atoms with Crippen LogP contribution in [0.5, 0.6) is 0 Å². The molecule has 0 aliphatic rings. The molecule has 4 heteroatoms. The first kappa shape index (κ1) is 12.1. The number of nitrogens with zero attached hydrogens (tertiary/aromatic N) is 1. The number of rotatable bonds is 1. The fourth-order valence-electron chi connectivity index (χ4n) is 1.04. The summed E-state index contributed by atoms with van der Waals surface area (Å²) >= 11 is 0. The average molecular weight is 218 g/mol. The monoisotopic (exact) mass is 218 g/mol. The fraction of sp³-hybridized carbons (Fsp3) is 0.333. The van der Waals surface area contributed by atoms with Gasteiger partial charge >= 0.3 is 6.09 Å². The molecule has 4 nitrogen and oxygen atoms in total. The fourth-order valence-corrected chi connectivity index (χ4v) is 1.04. The molecule has 0 aromatic heterocycles. The van der Waals surface area contributed by atoms with E-state index in [0.717, 1.165) is 0 Å². The number of hydrogen-bond acceptors (Lipinski definition) is 2. The number of benzene rings is 1. The van der Waals surface area contributed by atoms with E-state index in [1.807, 2.05) is 0 Å². The Kier molecular flexibility index (Phi) is 3.51. The third-order valence-corrected chi connectivity index (χ3v) is 1.64. The van der Waals surface area contributed by atoms with Crippen LogP contribution in [0.4, 0.5) is 16.2 Å². The van der Waals surface area contributed by atoms with Gasteiger partial charge in [0.1, 0.15) is 5.60 Å². The lowest BCUT2D eigenvalue weighted by Crippen LogP contribution is -2.27. The number of hydrogen-bond donors (Lipinski definition) is 1. The largest absolute Gasteiger partial charge is 0.444 e. The second-order valence-electron chi connectivity index (χ2n) is 4.29. The van der Waals surface area contributed by atoms with Crippen molar-refractivity contribution in [3.63, 3.8) is 0 Å². The van der Waals surface area contributed by atoms with E-state index >= 15 is 0 Å². The van der Waals surface area contributed by atoms with Crippen LogP contribution < -0.4 is 5.32 Å². The maximum absolute atomic E-state index is 11.4. The normalized spacial score (nSPS) is 10.4. The quantitative estimate of drug-likeness (QED) is 0.732. The Balaban J connectivity index is 2.61. The van der Waals surface area contributed by atoms with Crippen LogP contribution in [0, 0.1) is 6.57 Å². The van der Waals surface area contributed by atoms with Gasteiger partial charge in [0.05, 0.1) is 6.57 Å². The van der Waals surface area contributed by atoms with Crippen LogP contribution in [0.2, 0.25) is 0 Å². The van der Waals surface area contributed by atoms with Gasteiger partial charge in [-0.15, -0.1) is 0 Å². The van der Waals surface area contributed by atoms with E-state index in [1.165, 1.54) is 0 Å². The van der Waals surface area contributed by atoms with Crippen molar-refractivity contribution < 1.29 is 9.53 Å². The Bertz CT molecular complexity index is 410. The van der Waals surface area contributed by atoms with E-state index in [0.29, 0.717) is 11.4 Å². The van der Waals surface area contributed by atoms with Crippen LogP contribution in [0.3, 0.4) is 0 Å². The maximum atomic E-state index is 11.4. The molecule has 1 aromatic carbocycles. The molecular formula is C12H14N2O2. The van der Waals surface area contributed by atoms with E-state index in [9.17, 15) is 4.79 Å². The van der Waals surface area contributed by atoms with E-state index < -0.39 is 11.7 Å². The number of amides is 1. The Hall–Kier alpha value is -2.02. The lowest BCUT2D eigenvalue weighted by Gasteiger charge is -2.19. The zero-order valence-electron chi connectivity index (χ0n) is 9.57. The summed E-state index contributed by atoms with van der Waals surface area (Å²) in [6.45, 7) is 12.2. The highest BCUT2D eigenvalue weighted by Crippen LogP contribution is 2.17. The standard InChI is InChI=1S/C12H14N2O2/c1-12(2,3)16-11(15)14-10-7-5-9(13-4)6-8-10/h5-8H,1-3H3,(H,14,15). The van der Waals surface area contributed by atoms with Gasteiger partial charge in [0.25, 0.3) is 0 Å². The van der Waals surface area contributed by atoms with Crippen molar-refractivity contribution in [3.8, 4) is 0 Å². The summed E-state index contributed by atoms with van der Waals surface area (Å²) in [6, 6.07) is 6.61. The highest BCUT2D eigenvalue weighted by molar-refractivity contribution is 5.85. The topological polar surface area (TPSA) is 42.7 Å². The summed E-state index contributed by atoms with van der Waals surface area (Å²) in [4.78, 5) is 14.6. The molecule has 84 valence electrons. The maximum Gasteiger partial charge on any atom is 0.412 e. The summed E-state index contributed by atoms with van der Waals surface area (Å²) < 4.78 is 5.09. The Labute approximate surface area is 95.0 Å². The molecule has 1 amide bonds. The molecule has 0 radical (unpaired) electrons. The molecule has 0 heterocycles. The first-order chi connectivity index (χ1) is 7.40. The third-order valence-electron chi connectivity index (χ3n) is 1.64. The lowest BCUT2D eigenvalue weighted by molar-refractivity contribution is 0.0636. The van der Waals surface area contributed by atoms with Gasteiger partial charge in [0, 0.05) is 5.69 Å². The summed E-state index contributed by atoms with van der Waals surface area (Å²) in [7, 11) is 0. The minimum absolute atomic E-state index is 0.497. The predicted octanol–water partition coefficient (Wildman–Crippen LogP) is 3.58. The summed E-state index contributed by atoms with van der Waals surface area (Å²) in [5.41, 5.74) is 0.636. The second-order valence-corrected chi connectivity index (χ2v) is 4.29. The molecule has 0 bridgehead atoms. The van der Waals surface area contributed by atoms with Crippen molar-refractivity contribution in [2.75, 3.05) is 5.32 Å². The molecule has 0 spiro atoms. The molecule has 0 fully saturated rings. The molecule has 1 N–H and O–H groups in total. The Morgan fingerprint density at radius 3 is 2.31 bits per heavy atom. The van der Waals surface area contributed by atoms with Crippen LogP contribution in [0.15, 0.2) is 24.3 Å². The number of nitrogens with one attached hydrogen (secondary N) is 1. The van der Waals surface area contributed by atoms with Crippen molar-refractivity contribution in [2.45, 2.75) is 26.4 Å². The number of carbonyl (C=O) groups is 1. The van der Waals surface area contributed by atoms with Gasteiger partial charge in [-0.3, -0.25) is 5.32 Å². The molecule has 0 saturated heterocycles. The molecule has 16 heavy (non-hydrogen) atoms. The highest BCUT2D eigenvalue weighted by Gasteiger charge is 2.15. The SMILES string of the molecule is [C-]#[N+]c1ccc(NC(=O)OC(C)(C)C)cc1. The van der Waals surface area contributed by atoms with Crippen LogP contribution in [-0.4, -0.2) is 11.7 Å². The third kappa shape index (κ3) is 4.01. The van der Waals surface area contributed by atoms with Crippen molar-refractivity contribution in [2.24, 2.45) is 0 Å². The van der Waals surface area contributed by atoms with Gasteiger partial charge in [-0.05, 0) is 32.9 Å². The van der Waals surface area contributed by atoms with Crippen LogP contribution in [0.25, 0.3) is 4.85 Å². The van der Waals surface area contributed by atoms with Crippen LogP contribution in [0.1, 0.15) is 20.8 Å². The van der Waals surface area contributed by atoms with E-state index in [2.05, 4.69) is 10.2 Å². The zero-order valence-corrected chi connectivity index (χ0v) is 9.57. The first-order valence-corrected chi connectivity index (χ1v) is 4.88. The van der Waals surface area contributed by atoms with Gasteiger partial charge in [-0.2, -0.15) is 0 Å². The van der Waals surface area contributed by atoms with Crippen molar-refractivity contribution in [1.82, 2.24) is 0 Å². The number of ether oxygens (including phenoxy) is 1. The van der Waals surface area contributed by atoms with E-state index in [1.54, 1.807) is 45.0 Å².